The number of nitrogens with one attached hydrogen (secondary N) is 1. The summed E-state index contributed by atoms with van der Waals surface area (Å²) in [5.74, 6) is -0.165. The lowest BCUT2D eigenvalue weighted by molar-refractivity contribution is -0.110. The van der Waals surface area contributed by atoms with Crippen LogP contribution in [0.5, 0.6) is 0 Å². The number of hydrogen-bond donors (Lipinski definition) is 1. The smallest absolute Gasteiger partial charge is 0.256 e. The van der Waals surface area contributed by atoms with Crippen molar-refractivity contribution in [1.29, 1.82) is 5.26 Å². The Balaban J connectivity index is 1.89. The Morgan fingerprint density at radius 2 is 2.18 bits per heavy atom. The van der Waals surface area contributed by atoms with E-state index in [0.29, 0.717) is 16.8 Å². The van der Waals surface area contributed by atoms with E-state index < -0.39 is 0 Å². The highest BCUT2D eigenvalue weighted by atomic mass is 16.2. The van der Waals surface area contributed by atoms with Crippen molar-refractivity contribution in [1.82, 2.24) is 9.38 Å². The lowest BCUT2D eigenvalue weighted by Gasteiger charge is -2.02. The summed E-state index contributed by atoms with van der Waals surface area (Å²) in [4.78, 5) is 16.5. The van der Waals surface area contributed by atoms with Gasteiger partial charge in [-0.25, -0.2) is 4.98 Å². The summed E-state index contributed by atoms with van der Waals surface area (Å²) in [5.41, 5.74) is 4.29. The van der Waals surface area contributed by atoms with Crippen molar-refractivity contribution < 1.29 is 4.79 Å². The Labute approximate surface area is 126 Å². The topological polar surface area (TPSA) is 70.2 Å². The van der Waals surface area contributed by atoms with Crippen molar-refractivity contribution in [2.24, 2.45) is 0 Å². The molecule has 1 aliphatic heterocycles. The number of pyridine rings is 1. The molecule has 3 heterocycles. The molecule has 2 aromatic heterocycles. The minimum atomic E-state index is -0.165. The Morgan fingerprint density at radius 1 is 1.27 bits per heavy atom. The van der Waals surface area contributed by atoms with E-state index in [1.165, 1.54) is 0 Å². The summed E-state index contributed by atoms with van der Waals surface area (Å²) < 4.78 is 1.92. The predicted molar refractivity (Wildman–Crippen MR) is 82.8 cm³/mol. The molecule has 4 rings (SSSR count). The lowest BCUT2D eigenvalue weighted by Crippen LogP contribution is -2.04. The highest BCUT2D eigenvalue weighted by Crippen LogP contribution is 2.33. The van der Waals surface area contributed by atoms with Crippen molar-refractivity contribution in [3.8, 4) is 6.07 Å². The van der Waals surface area contributed by atoms with Crippen LogP contribution < -0.4 is 5.32 Å². The minimum Gasteiger partial charge on any atom is -0.321 e. The van der Waals surface area contributed by atoms with Crippen LogP contribution in [0.2, 0.25) is 0 Å². The Morgan fingerprint density at radius 3 is 3.05 bits per heavy atom. The fourth-order valence-electron chi connectivity index (χ4n) is 2.64. The summed E-state index contributed by atoms with van der Waals surface area (Å²) in [6, 6.07) is 13.0. The monoisotopic (exact) mass is 286 g/mol. The SMILES string of the molecule is N#Cc1ccc2c(c1)NC(=O)/C2=C\c1cccc2nccn12. The maximum Gasteiger partial charge on any atom is 0.256 e. The summed E-state index contributed by atoms with van der Waals surface area (Å²) >= 11 is 0. The molecule has 0 atom stereocenters. The van der Waals surface area contributed by atoms with Gasteiger partial charge in [-0.2, -0.15) is 5.26 Å². The van der Waals surface area contributed by atoms with Crippen molar-refractivity contribution >= 4 is 28.9 Å². The van der Waals surface area contributed by atoms with Crippen molar-refractivity contribution in [2.75, 3.05) is 5.32 Å². The normalized spacial score (nSPS) is 14.9. The number of nitriles is 1. The molecule has 0 unspecified atom stereocenters. The fraction of sp³-hybridized carbons (Fsp3) is 0. The Bertz CT molecular complexity index is 991. The number of aromatic nitrogens is 2. The molecule has 1 N–H and O–H groups in total. The largest absolute Gasteiger partial charge is 0.321 e. The van der Waals surface area contributed by atoms with E-state index >= 15 is 0 Å². The molecule has 1 aliphatic rings. The molecule has 0 bridgehead atoms. The van der Waals surface area contributed by atoms with Gasteiger partial charge in [0.15, 0.2) is 0 Å². The number of imidazole rings is 1. The molecular formula is C17H10N4O. The molecule has 1 aromatic carbocycles. The maximum atomic E-state index is 12.2. The first-order valence-corrected chi connectivity index (χ1v) is 6.76. The van der Waals surface area contributed by atoms with E-state index in [2.05, 4.69) is 16.4 Å². The molecule has 3 aromatic rings. The quantitative estimate of drug-likeness (QED) is 0.699. The van der Waals surface area contributed by atoms with Crippen molar-refractivity contribution in [3.05, 3.63) is 65.6 Å². The Kier molecular flexibility index (Phi) is 2.57. The number of hydrogen-bond acceptors (Lipinski definition) is 3. The van der Waals surface area contributed by atoms with Gasteiger partial charge in [0.2, 0.25) is 0 Å². The van der Waals surface area contributed by atoms with Gasteiger partial charge in [0, 0.05) is 23.7 Å². The number of benzene rings is 1. The summed E-state index contributed by atoms with van der Waals surface area (Å²) in [6.45, 7) is 0. The number of carbonyl (C=O) groups excluding carboxylic acids is 1. The third kappa shape index (κ3) is 1.79. The molecule has 0 saturated carbocycles. The summed E-state index contributed by atoms with van der Waals surface area (Å²) in [7, 11) is 0. The van der Waals surface area contributed by atoms with Gasteiger partial charge in [0.25, 0.3) is 5.91 Å². The molecule has 1 amide bonds. The summed E-state index contributed by atoms with van der Waals surface area (Å²) in [6.07, 6.45) is 5.41. The van der Waals surface area contributed by atoms with E-state index in [9.17, 15) is 4.79 Å². The first-order chi connectivity index (χ1) is 10.8. The van der Waals surface area contributed by atoms with Gasteiger partial charge >= 0.3 is 0 Å². The van der Waals surface area contributed by atoms with Crippen LogP contribution in [0, 0.1) is 11.3 Å². The van der Waals surface area contributed by atoms with Crippen LogP contribution in [0.25, 0.3) is 17.3 Å². The molecule has 0 fully saturated rings. The molecule has 0 saturated heterocycles. The number of rotatable bonds is 1. The molecule has 0 spiro atoms. The molecule has 5 heteroatoms. The fourth-order valence-corrected chi connectivity index (χ4v) is 2.64. The van der Waals surface area contributed by atoms with E-state index in [4.69, 9.17) is 5.26 Å². The second-order valence-electron chi connectivity index (χ2n) is 4.99. The predicted octanol–water partition coefficient (Wildman–Crippen LogP) is 2.70. The number of carbonyl (C=O) groups is 1. The zero-order valence-electron chi connectivity index (χ0n) is 11.4. The molecule has 0 aliphatic carbocycles. The highest BCUT2D eigenvalue weighted by molar-refractivity contribution is 6.34. The van der Waals surface area contributed by atoms with Crippen LogP contribution in [-0.4, -0.2) is 15.3 Å². The lowest BCUT2D eigenvalue weighted by atomic mass is 10.0. The Hall–Kier alpha value is -3.39. The second kappa shape index (κ2) is 4.57. The van der Waals surface area contributed by atoms with Crippen LogP contribution in [0.4, 0.5) is 5.69 Å². The average molecular weight is 286 g/mol. The van der Waals surface area contributed by atoms with E-state index in [0.717, 1.165) is 16.9 Å². The molecule has 22 heavy (non-hydrogen) atoms. The van der Waals surface area contributed by atoms with Gasteiger partial charge in [0.05, 0.1) is 22.9 Å². The number of nitrogens with zero attached hydrogens (tertiary/aromatic N) is 3. The summed E-state index contributed by atoms with van der Waals surface area (Å²) in [5, 5.41) is 11.7. The first-order valence-electron chi connectivity index (χ1n) is 6.76. The van der Waals surface area contributed by atoms with Gasteiger partial charge in [-0.1, -0.05) is 12.1 Å². The number of anilines is 1. The van der Waals surface area contributed by atoms with Crippen LogP contribution in [0.15, 0.2) is 48.8 Å². The van der Waals surface area contributed by atoms with Crippen molar-refractivity contribution in [3.63, 3.8) is 0 Å². The molecule has 0 radical (unpaired) electrons. The third-order valence-electron chi connectivity index (χ3n) is 3.68. The van der Waals surface area contributed by atoms with Gasteiger partial charge in [-0.05, 0) is 30.3 Å². The maximum absolute atomic E-state index is 12.2. The van der Waals surface area contributed by atoms with Gasteiger partial charge in [-0.15, -0.1) is 0 Å². The molecule has 5 nitrogen and oxygen atoms in total. The number of fused-ring (bicyclic) bond motifs is 2. The van der Waals surface area contributed by atoms with Crippen LogP contribution >= 0.6 is 0 Å². The van der Waals surface area contributed by atoms with E-state index in [1.54, 1.807) is 24.4 Å². The first kappa shape index (κ1) is 12.4. The van der Waals surface area contributed by atoms with Crippen molar-refractivity contribution in [2.45, 2.75) is 0 Å². The third-order valence-corrected chi connectivity index (χ3v) is 3.68. The number of amides is 1. The zero-order chi connectivity index (χ0) is 15.1. The average Bonchev–Trinajstić information content (AvgIpc) is 3.12. The van der Waals surface area contributed by atoms with Crippen LogP contribution in [0.1, 0.15) is 16.8 Å². The van der Waals surface area contributed by atoms with Gasteiger partial charge in [0.1, 0.15) is 5.65 Å². The van der Waals surface area contributed by atoms with E-state index in [-0.39, 0.29) is 5.91 Å². The highest BCUT2D eigenvalue weighted by Gasteiger charge is 2.24. The minimum absolute atomic E-state index is 0.165. The second-order valence-corrected chi connectivity index (χ2v) is 4.99. The van der Waals surface area contributed by atoms with Gasteiger partial charge in [-0.3, -0.25) is 4.79 Å². The van der Waals surface area contributed by atoms with Gasteiger partial charge < -0.3 is 9.72 Å². The zero-order valence-corrected chi connectivity index (χ0v) is 11.4. The molecule has 104 valence electrons. The van der Waals surface area contributed by atoms with E-state index in [1.807, 2.05) is 34.9 Å². The van der Waals surface area contributed by atoms with Crippen LogP contribution in [0.3, 0.4) is 0 Å². The molecular weight excluding hydrogens is 276 g/mol. The van der Waals surface area contributed by atoms with Crippen LogP contribution in [-0.2, 0) is 4.79 Å². The standard InChI is InChI=1S/C17H10N4O/c18-10-11-4-5-13-14(17(22)20-15(13)8-11)9-12-2-1-3-16-19-6-7-21(12)16/h1-9H,(H,20,22)/b14-9-.